The lowest BCUT2D eigenvalue weighted by Gasteiger charge is -2.35. The Hall–Kier alpha value is -0.0400. The molecule has 2 N–H and O–H groups in total. The van der Waals surface area contributed by atoms with E-state index in [1.54, 1.807) is 0 Å². The Morgan fingerprint density at radius 1 is 1.17 bits per heavy atom. The van der Waals surface area contributed by atoms with Gasteiger partial charge in [-0.25, -0.2) is 0 Å². The topological polar surface area (TPSA) is 26.0 Å². The van der Waals surface area contributed by atoms with Crippen molar-refractivity contribution in [1.82, 2.24) is 0 Å². The Balaban J connectivity index is 1.73. The predicted molar refractivity (Wildman–Crippen MR) is 51.8 cm³/mol. The third kappa shape index (κ3) is 1.66. The summed E-state index contributed by atoms with van der Waals surface area (Å²) in [7, 11) is 0. The Morgan fingerprint density at radius 2 is 2.00 bits per heavy atom. The highest BCUT2D eigenvalue weighted by Crippen LogP contribution is 2.39. The molecule has 0 saturated heterocycles. The molecule has 0 aromatic carbocycles. The van der Waals surface area contributed by atoms with E-state index in [1.807, 2.05) is 0 Å². The highest BCUT2D eigenvalue weighted by Gasteiger charge is 2.31. The van der Waals surface area contributed by atoms with Gasteiger partial charge < -0.3 is 5.73 Å². The largest absolute Gasteiger partial charge is 0.327 e. The van der Waals surface area contributed by atoms with E-state index >= 15 is 0 Å². The van der Waals surface area contributed by atoms with Crippen molar-refractivity contribution in [3.05, 3.63) is 0 Å². The third-order valence-electron chi connectivity index (χ3n) is 3.92. The Kier molecular flexibility index (Phi) is 2.40. The summed E-state index contributed by atoms with van der Waals surface area (Å²) < 4.78 is 0. The van der Waals surface area contributed by atoms with Crippen LogP contribution < -0.4 is 5.73 Å². The van der Waals surface area contributed by atoms with Crippen LogP contribution in [0.15, 0.2) is 0 Å². The first-order chi connectivity index (χ1) is 5.75. The molecule has 2 saturated carbocycles. The highest BCUT2D eigenvalue weighted by molar-refractivity contribution is 4.87. The molecule has 2 fully saturated rings. The fourth-order valence-corrected chi connectivity index (χ4v) is 2.85. The van der Waals surface area contributed by atoms with E-state index in [0.29, 0.717) is 6.04 Å². The van der Waals surface area contributed by atoms with Crippen molar-refractivity contribution in [3.63, 3.8) is 0 Å². The van der Waals surface area contributed by atoms with Gasteiger partial charge in [0.25, 0.3) is 0 Å². The number of hydrogen-bond acceptors (Lipinski definition) is 1. The van der Waals surface area contributed by atoms with Crippen LogP contribution in [-0.2, 0) is 0 Å². The van der Waals surface area contributed by atoms with E-state index in [0.717, 1.165) is 17.8 Å². The second-order valence-electron chi connectivity index (χ2n) is 5.02. The van der Waals surface area contributed by atoms with Crippen LogP contribution in [-0.4, -0.2) is 6.04 Å². The lowest BCUT2D eigenvalue weighted by molar-refractivity contribution is 0.206. The molecule has 0 radical (unpaired) electrons. The van der Waals surface area contributed by atoms with Crippen molar-refractivity contribution < 1.29 is 0 Å². The lowest BCUT2D eigenvalue weighted by Crippen LogP contribution is -2.40. The van der Waals surface area contributed by atoms with Gasteiger partial charge in [-0.05, 0) is 43.4 Å². The third-order valence-corrected chi connectivity index (χ3v) is 3.92. The molecule has 12 heavy (non-hydrogen) atoms. The van der Waals surface area contributed by atoms with Gasteiger partial charge in [-0.15, -0.1) is 0 Å². The monoisotopic (exact) mass is 167 g/mol. The summed E-state index contributed by atoms with van der Waals surface area (Å²) in [6, 6.07) is 0.556. The van der Waals surface area contributed by atoms with Gasteiger partial charge in [-0.3, -0.25) is 0 Å². The fourth-order valence-electron chi connectivity index (χ4n) is 2.85. The Morgan fingerprint density at radius 3 is 2.42 bits per heavy atom. The van der Waals surface area contributed by atoms with Crippen molar-refractivity contribution in [2.24, 2.45) is 23.5 Å². The molecule has 3 unspecified atom stereocenters. The molecule has 2 aliphatic carbocycles. The van der Waals surface area contributed by atoms with Gasteiger partial charge >= 0.3 is 0 Å². The van der Waals surface area contributed by atoms with Crippen LogP contribution in [0.25, 0.3) is 0 Å². The van der Waals surface area contributed by atoms with Crippen molar-refractivity contribution in [2.45, 2.75) is 51.5 Å². The van der Waals surface area contributed by atoms with Crippen LogP contribution in [0.3, 0.4) is 0 Å². The minimum absolute atomic E-state index is 0.556. The molecule has 0 aromatic rings. The van der Waals surface area contributed by atoms with Gasteiger partial charge in [0.15, 0.2) is 0 Å². The molecule has 2 rings (SSSR count). The minimum Gasteiger partial charge on any atom is -0.327 e. The first-order valence-corrected chi connectivity index (χ1v) is 5.51. The molecule has 0 aliphatic heterocycles. The second kappa shape index (κ2) is 3.37. The number of rotatable bonds is 2. The normalized spacial score (nSPS) is 47.5. The summed E-state index contributed by atoms with van der Waals surface area (Å²) >= 11 is 0. The fraction of sp³-hybridized carbons (Fsp3) is 1.00. The van der Waals surface area contributed by atoms with E-state index in [9.17, 15) is 0 Å². The summed E-state index contributed by atoms with van der Waals surface area (Å²) in [4.78, 5) is 0. The Bertz CT molecular complexity index is 155. The van der Waals surface area contributed by atoms with E-state index in [1.165, 1.54) is 38.5 Å². The molecule has 4 atom stereocenters. The van der Waals surface area contributed by atoms with Crippen LogP contribution in [0.4, 0.5) is 0 Å². The molecule has 1 nitrogen and oxygen atoms in total. The SMILES string of the molecule is CC1CCC(C[C@H]2CCC2N)C1. The maximum Gasteiger partial charge on any atom is 0.00673 e. The molecule has 70 valence electrons. The molecule has 2 aliphatic rings. The van der Waals surface area contributed by atoms with Gasteiger partial charge in [0, 0.05) is 6.04 Å². The lowest BCUT2D eigenvalue weighted by atomic mass is 9.74. The molecule has 0 aromatic heterocycles. The van der Waals surface area contributed by atoms with Gasteiger partial charge in [-0.1, -0.05) is 19.8 Å². The molecular weight excluding hydrogens is 146 g/mol. The maximum absolute atomic E-state index is 5.94. The number of hydrogen-bond donors (Lipinski definition) is 1. The first kappa shape index (κ1) is 8.55. The average Bonchev–Trinajstić information content (AvgIpc) is 2.44. The quantitative estimate of drug-likeness (QED) is 0.672. The van der Waals surface area contributed by atoms with Crippen LogP contribution >= 0.6 is 0 Å². The standard InChI is InChI=1S/C11H21N/c1-8-2-3-9(6-8)7-10-4-5-11(10)12/h8-11H,2-7,12H2,1H3/t8?,9?,10-,11?/m1/s1. The highest BCUT2D eigenvalue weighted by atomic mass is 14.7. The molecule has 0 spiro atoms. The zero-order valence-electron chi connectivity index (χ0n) is 8.13. The van der Waals surface area contributed by atoms with Crippen molar-refractivity contribution >= 4 is 0 Å². The van der Waals surface area contributed by atoms with Gasteiger partial charge in [0.2, 0.25) is 0 Å². The smallest absolute Gasteiger partial charge is 0.00673 e. The minimum atomic E-state index is 0.556. The summed E-state index contributed by atoms with van der Waals surface area (Å²) in [5.74, 6) is 2.91. The number of nitrogens with two attached hydrogens (primary N) is 1. The van der Waals surface area contributed by atoms with E-state index in [4.69, 9.17) is 5.73 Å². The van der Waals surface area contributed by atoms with E-state index < -0.39 is 0 Å². The van der Waals surface area contributed by atoms with Gasteiger partial charge in [0.1, 0.15) is 0 Å². The summed E-state index contributed by atoms with van der Waals surface area (Å²) in [5, 5.41) is 0. The molecule has 0 amide bonds. The average molecular weight is 167 g/mol. The van der Waals surface area contributed by atoms with E-state index in [2.05, 4.69) is 6.92 Å². The molecular formula is C11H21N. The summed E-state index contributed by atoms with van der Waals surface area (Å²) in [5.41, 5.74) is 5.94. The molecule has 1 heteroatoms. The van der Waals surface area contributed by atoms with Crippen LogP contribution in [0.5, 0.6) is 0 Å². The van der Waals surface area contributed by atoms with Crippen molar-refractivity contribution in [1.29, 1.82) is 0 Å². The predicted octanol–water partition coefficient (Wildman–Crippen LogP) is 2.55. The summed E-state index contributed by atoms with van der Waals surface area (Å²) in [6.45, 7) is 2.39. The Labute approximate surface area is 75.7 Å². The van der Waals surface area contributed by atoms with Crippen LogP contribution in [0, 0.1) is 17.8 Å². The maximum atomic E-state index is 5.94. The first-order valence-electron chi connectivity index (χ1n) is 5.51. The second-order valence-corrected chi connectivity index (χ2v) is 5.02. The molecule has 0 heterocycles. The van der Waals surface area contributed by atoms with E-state index in [-0.39, 0.29) is 0 Å². The zero-order chi connectivity index (χ0) is 8.55. The molecule has 0 bridgehead atoms. The zero-order valence-corrected chi connectivity index (χ0v) is 8.13. The van der Waals surface area contributed by atoms with Crippen LogP contribution in [0.1, 0.15) is 45.4 Å². The van der Waals surface area contributed by atoms with Crippen molar-refractivity contribution in [2.75, 3.05) is 0 Å². The van der Waals surface area contributed by atoms with Gasteiger partial charge in [0.05, 0.1) is 0 Å². The van der Waals surface area contributed by atoms with Crippen molar-refractivity contribution in [3.8, 4) is 0 Å². The van der Waals surface area contributed by atoms with Gasteiger partial charge in [-0.2, -0.15) is 0 Å². The summed E-state index contributed by atoms with van der Waals surface area (Å²) in [6.07, 6.45) is 8.55. The van der Waals surface area contributed by atoms with Crippen LogP contribution in [0.2, 0.25) is 0 Å².